The van der Waals surface area contributed by atoms with Gasteiger partial charge in [-0.1, -0.05) is 60.7 Å². The van der Waals surface area contributed by atoms with Crippen molar-refractivity contribution in [2.45, 2.75) is 44.2 Å². The van der Waals surface area contributed by atoms with Gasteiger partial charge >= 0.3 is 0 Å². The molecule has 3 aromatic carbocycles. The summed E-state index contributed by atoms with van der Waals surface area (Å²) in [5.41, 5.74) is 2.75. The Morgan fingerprint density at radius 3 is 2.21 bits per heavy atom. The first-order valence-electron chi connectivity index (χ1n) is 10.9. The van der Waals surface area contributed by atoms with Gasteiger partial charge in [0.15, 0.2) is 6.61 Å². The highest BCUT2D eigenvalue weighted by molar-refractivity contribution is 7.89. The lowest BCUT2D eigenvalue weighted by Gasteiger charge is -2.15. The number of benzene rings is 3. The summed E-state index contributed by atoms with van der Waals surface area (Å²) >= 11 is 0. The van der Waals surface area contributed by atoms with Gasteiger partial charge < -0.3 is 10.1 Å². The standard InChI is InChI=1S/C26H30N2O4S/c1-20-17-24(33(30,31)27-18-23-11-7-4-8-12-23)15-16-25(20)32-19-26(29)28-21(2)13-14-22-9-5-3-6-10-22/h3-12,15-17,21,27H,13-14,18-19H2,1-2H3,(H,28,29)/t21-/m1/s1. The molecular formula is C26H30N2O4S. The molecule has 0 aliphatic heterocycles. The van der Waals surface area contributed by atoms with E-state index >= 15 is 0 Å². The van der Waals surface area contributed by atoms with Crippen LogP contribution in [0.25, 0.3) is 0 Å². The lowest BCUT2D eigenvalue weighted by atomic mass is 10.1. The van der Waals surface area contributed by atoms with Crippen molar-refractivity contribution in [3.05, 3.63) is 95.6 Å². The number of sulfonamides is 1. The minimum absolute atomic E-state index is 0.0191. The Morgan fingerprint density at radius 2 is 1.58 bits per heavy atom. The van der Waals surface area contributed by atoms with Crippen LogP contribution in [0.1, 0.15) is 30.0 Å². The molecule has 0 fully saturated rings. The molecule has 0 aliphatic carbocycles. The zero-order valence-corrected chi connectivity index (χ0v) is 19.8. The van der Waals surface area contributed by atoms with Gasteiger partial charge in [-0.3, -0.25) is 4.79 Å². The molecule has 0 saturated heterocycles. The fourth-order valence-electron chi connectivity index (χ4n) is 3.37. The lowest BCUT2D eigenvalue weighted by molar-refractivity contribution is -0.123. The van der Waals surface area contributed by atoms with Crippen molar-refractivity contribution in [3.8, 4) is 5.75 Å². The molecule has 2 N–H and O–H groups in total. The third-order valence-corrected chi connectivity index (χ3v) is 6.64. The molecule has 0 spiro atoms. The molecule has 174 valence electrons. The smallest absolute Gasteiger partial charge is 0.258 e. The van der Waals surface area contributed by atoms with E-state index in [4.69, 9.17) is 4.74 Å². The first kappa shape index (κ1) is 24.5. The Morgan fingerprint density at radius 1 is 0.939 bits per heavy atom. The number of amides is 1. The molecule has 0 bridgehead atoms. The quantitative estimate of drug-likeness (QED) is 0.448. The number of ether oxygens (including phenoxy) is 1. The number of nitrogens with one attached hydrogen (secondary N) is 2. The van der Waals surface area contributed by atoms with E-state index in [0.29, 0.717) is 11.3 Å². The van der Waals surface area contributed by atoms with Crippen LogP contribution >= 0.6 is 0 Å². The topological polar surface area (TPSA) is 84.5 Å². The molecule has 3 aromatic rings. The number of aryl methyl sites for hydroxylation is 2. The highest BCUT2D eigenvalue weighted by Gasteiger charge is 2.16. The normalized spacial score (nSPS) is 12.2. The first-order valence-corrected chi connectivity index (χ1v) is 12.4. The summed E-state index contributed by atoms with van der Waals surface area (Å²) < 4.78 is 33.4. The number of hydrogen-bond acceptors (Lipinski definition) is 4. The highest BCUT2D eigenvalue weighted by Crippen LogP contribution is 2.22. The zero-order chi connectivity index (χ0) is 23.7. The third-order valence-electron chi connectivity index (χ3n) is 5.24. The largest absolute Gasteiger partial charge is 0.484 e. The molecule has 1 amide bonds. The average molecular weight is 467 g/mol. The maximum atomic E-state index is 12.6. The predicted octanol–water partition coefficient (Wildman–Crippen LogP) is 3.99. The van der Waals surface area contributed by atoms with Gasteiger partial charge in [0, 0.05) is 12.6 Å². The van der Waals surface area contributed by atoms with E-state index in [1.54, 1.807) is 19.1 Å². The van der Waals surface area contributed by atoms with Crippen LogP contribution in [0.3, 0.4) is 0 Å². The zero-order valence-electron chi connectivity index (χ0n) is 19.0. The van der Waals surface area contributed by atoms with E-state index in [9.17, 15) is 13.2 Å². The Labute approximate surface area is 196 Å². The Bertz CT molecular complexity index is 1150. The second-order valence-electron chi connectivity index (χ2n) is 8.02. The van der Waals surface area contributed by atoms with Gasteiger partial charge in [0.05, 0.1) is 4.90 Å². The summed E-state index contributed by atoms with van der Waals surface area (Å²) in [6.07, 6.45) is 1.72. The number of rotatable bonds is 11. The lowest BCUT2D eigenvalue weighted by Crippen LogP contribution is -2.36. The van der Waals surface area contributed by atoms with Crippen LogP contribution in [0.5, 0.6) is 5.75 Å². The average Bonchev–Trinajstić information content (AvgIpc) is 2.82. The summed E-state index contributed by atoms with van der Waals surface area (Å²) in [5.74, 6) is 0.264. The third kappa shape index (κ3) is 7.73. The summed E-state index contributed by atoms with van der Waals surface area (Å²) in [6.45, 7) is 3.80. The van der Waals surface area contributed by atoms with Crippen LogP contribution in [0.4, 0.5) is 0 Å². The molecule has 0 unspecified atom stereocenters. The number of hydrogen-bond donors (Lipinski definition) is 2. The van der Waals surface area contributed by atoms with Crippen LogP contribution < -0.4 is 14.8 Å². The minimum atomic E-state index is -3.66. The number of carbonyl (C=O) groups excluding carboxylic acids is 1. The van der Waals surface area contributed by atoms with Crippen LogP contribution in [0.2, 0.25) is 0 Å². The van der Waals surface area contributed by atoms with Gasteiger partial charge in [-0.25, -0.2) is 13.1 Å². The Kier molecular flexibility index (Phi) is 8.63. The Balaban J connectivity index is 1.48. The molecule has 0 heterocycles. The van der Waals surface area contributed by atoms with Crippen LogP contribution in [0.15, 0.2) is 83.8 Å². The van der Waals surface area contributed by atoms with E-state index in [1.807, 2.05) is 55.5 Å². The number of carbonyl (C=O) groups is 1. The van der Waals surface area contributed by atoms with Crippen LogP contribution in [-0.4, -0.2) is 27.0 Å². The van der Waals surface area contributed by atoms with E-state index < -0.39 is 10.0 Å². The molecular weight excluding hydrogens is 436 g/mol. The van der Waals surface area contributed by atoms with E-state index in [1.165, 1.54) is 11.6 Å². The maximum absolute atomic E-state index is 12.6. The molecule has 3 rings (SSSR count). The van der Waals surface area contributed by atoms with Gasteiger partial charge in [-0.2, -0.15) is 0 Å². The molecule has 0 saturated carbocycles. The maximum Gasteiger partial charge on any atom is 0.258 e. The van der Waals surface area contributed by atoms with Gasteiger partial charge in [0.2, 0.25) is 10.0 Å². The van der Waals surface area contributed by atoms with Crippen molar-refractivity contribution in [2.75, 3.05) is 6.61 Å². The van der Waals surface area contributed by atoms with Crippen LogP contribution in [0, 0.1) is 6.92 Å². The molecule has 33 heavy (non-hydrogen) atoms. The van der Waals surface area contributed by atoms with Crippen molar-refractivity contribution in [1.29, 1.82) is 0 Å². The highest BCUT2D eigenvalue weighted by atomic mass is 32.2. The summed E-state index contributed by atoms with van der Waals surface area (Å²) in [7, 11) is -3.66. The van der Waals surface area contributed by atoms with E-state index in [-0.39, 0.29) is 30.0 Å². The Hall–Kier alpha value is -3.16. The van der Waals surface area contributed by atoms with Gasteiger partial charge in [-0.05, 0) is 61.6 Å². The second-order valence-corrected chi connectivity index (χ2v) is 9.79. The van der Waals surface area contributed by atoms with Crippen molar-refractivity contribution >= 4 is 15.9 Å². The van der Waals surface area contributed by atoms with Crippen LogP contribution in [-0.2, 0) is 27.8 Å². The van der Waals surface area contributed by atoms with Gasteiger partial charge in [0.1, 0.15) is 5.75 Å². The molecule has 7 heteroatoms. The fourth-order valence-corrected chi connectivity index (χ4v) is 4.47. The first-order chi connectivity index (χ1) is 15.8. The van der Waals surface area contributed by atoms with Crippen molar-refractivity contribution in [2.24, 2.45) is 0 Å². The molecule has 0 radical (unpaired) electrons. The van der Waals surface area contributed by atoms with E-state index in [0.717, 1.165) is 18.4 Å². The predicted molar refractivity (Wildman–Crippen MR) is 130 cm³/mol. The van der Waals surface area contributed by atoms with Gasteiger partial charge in [0.25, 0.3) is 5.91 Å². The molecule has 1 atom stereocenters. The van der Waals surface area contributed by atoms with Crippen molar-refractivity contribution in [1.82, 2.24) is 10.0 Å². The SMILES string of the molecule is Cc1cc(S(=O)(=O)NCc2ccccc2)ccc1OCC(=O)N[C@H](C)CCc1ccccc1. The molecule has 6 nitrogen and oxygen atoms in total. The summed E-state index contributed by atoms with van der Waals surface area (Å²) in [5, 5.41) is 2.94. The second kappa shape index (κ2) is 11.6. The van der Waals surface area contributed by atoms with E-state index in [2.05, 4.69) is 22.2 Å². The monoisotopic (exact) mass is 466 g/mol. The van der Waals surface area contributed by atoms with Crippen molar-refractivity contribution < 1.29 is 17.9 Å². The van der Waals surface area contributed by atoms with Crippen molar-refractivity contribution in [3.63, 3.8) is 0 Å². The molecule has 0 aliphatic rings. The summed E-state index contributed by atoms with van der Waals surface area (Å²) in [6, 6.07) is 24.1. The minimum Gasteiger partial charge on any atom is -0.484 e. The fraction of sp³-hybridized carbons (Fsp3) is 0.269. The molecule has 0 aromatic heterocycles. The summed E-state index contributed by atoms with van der Waals surface area (Å²) in [4.78, 5) is 12.4. The van der Waals surface area contributed by atoms with Gasteiger partial charge in [-0.15, -0.1) is 0 Å².